The molecule has 6 heteroatoms. The summed E-state index contributed by atoms with van der Waals surface area (Å²) in [7, 11) is 0. The van der Waals surface area contributed by atoms with Gasteiger partial charge in [0.15, 0.2) is 0 Å². The van der Waals surface area contributed by atoms with E-state index in [2.05, 4.69) is 4.98 Å². The van der Waals surface area contributed by atoms with Crippen molar-refractivity contribution in [3.63, 3.8) is 0 Å². The number of nitrogens with zero attached hydrogens (tertiary/aromatic N) is 1. The molecule has 0 aliphatic carbocycles. The van der Waals surface area contributed by atoms with Crippen LogP contribution in [0.25, 0.3) is 0 Å². The second kappa shape index (κ2) is 5.21. The lowest BCUT2D eigenvalue weighted by Crippen LogP contribution is -2.32. The van der Waals surface area contributed by atoms with Gasteiger partial charge < -0.3 is 10.8 Å². The summed E-state index contributed by atoms with van der Waals surface area (Å²) in [6.07, 6.45) is 1.73. The quantitative estimate of drug-likeness (QED) is 0.764. The van der Waals surface area contributed by atoms with Gasteiger partial charge in [0.1, 0.15) is 11.0 Å². The number of aromatic nitrogens is 1. The molecular formula is C7H10N2O2S2. The van der Waals surface area contributed by atoms with E-state index in [4.69, 9.17) is 10.8 Å². The van der Waals surface area contributed by atoms with Crippen molar-refractivity contribution in [2.45, 2.75) is 11.8 Å². The van der Waals surface area contributed by atoms with E-state index in [9.17, 15) is 4.79 Å². The molecule has 4 nitrogen and oxygen atoms in total. The number of rotatable bonds is 5. The number of thiazole rings is 1. The molecule has 1 atom stereocenters. The molecule has 3 N–H and O–H groups in total. The largest absolute Gasteiger partial charge is 0.480 e. The smallest absolute Gasteiger partial charge is 0.321 e. The molecule has 1 heterocycles. The highest BCUT2D eigenvalue weighted by atomic mass is 32.2. The monoisotopic (exact) mass is 218 g/mol. The Morgan fingerprint density at radius 1 is 1.85 bits per heavy atom. The highest BCUT2D eigenvalue weighted by Crippen LogP contribution is 2.14. The maximum absolute atomic E-state index is 10.3. The molecule has 0 aliphatic rings. The molecule has 1 aromatic rings. The van der Waals surface area contributed by atoms with E-state index in [0.717, 1.165) is 10.8 Å². The van der Waals surface area contributed by atoms with Gasteiger partial charge in [0.2, 0.25) is 0 Å². The van der Waals surface area contributed by atoms with E-state index in [-0.39, 0.29) is 0 Å². The Morgan fingerprint density at radius 3 is 3.15 bits per heavy atom. The van der Waals surface area contributed by atoms with Crippen molar-refractivity contribution in [1.29, 1.82) is 0 Å². The summed E-state index contributed by atoms with van der Waals surface area (Å²) < 4.78 is 0. The lowest BCUT2D eigenvalue weighted by Gasteiger charge is -2.03. The Hall–Kier alpha value is -0.590. The number of carbonyl (C=O) groups is 1. The predicted octanol–water partition coefficient (Wildman–Crippen LogP) is 0.788. The van der Waals surface area contributed by atoms with E-state index >= 15 is 0 Å². The van der Waals surface area contributed by atoms with E-state index in [1.54, 1.807) is 17.5 Å². The molecule has 0 aromatic carbocycles. The lowest BCUT2D eigenvalue weighted by molar-refractivity contribution is -0.137. The number of carboxylic acid groups (broad SMARTS) is 1. The molecular weight excluding hydrogens is 208 g/mol. The number of thioether (sulfide) groups is 1. The summed E-state index contributed by atoms with van der Waals surface area (Å²) in [5, 5.41) is 11.4. The van der Waals surface area contributed by atoms with Crippen LogP contribution in [-0.2, 0) is 10.5 Å². The van der Waals surface area contributed by atoms with Crippen LogP contribution in [0.5, 0.6) is 0 Å². The fourth-order valence-electron chi connectivity index (χ4n) is 0.669. The summed E-state index contributed by atoms with van der Waals surface area (Å²) in [5.74, 6) is 0.208. The van der Waals surface area contributed by atoms with Gasteiger partial charge in [-0.2, -0.15) is 11.8 Å². The van der Waals surface area contributed by atoms with Gasteiger partial charge in [0.25, 0.3) is 0 Å². The molecule has 0 bridgehead atoms. The summed E-state index contributed by atoms with van der Waals surface area (Å²) in [5.41, 5.74) is 5.32. The van der Waals surface area contributed by atoms with Gasteiger partial charge in [0, 0.05) is 23.1 Å². The SMILES string of the molecule is NC(CSCc1nccs1)C(=O)O. The lowest BCUT2D eigenvalue weighted by atomic mass is 10.4. The van der Waals surface area contributed by atoms with Crippen molar-refractivity contribution in [3.05, 3.63) is 16.6 Å². The maximum Gasteiger partial charge on any atom is 0.321 e. The van der Waals surface area contributed by atoms with Gasteiger partial charge in [-0.3, -0.25) is 4.79 Å². The van der Waals surface area contributed by atoms with Crippen molar-refractivity contribution < 1.29 is 9.90 Å². The first-order valence-electron chi connectivity index (χ1n) is 3.64. The topological polar surface area (TPSA) is 76.2 Å². The Bertz CT molecular complexity index is 263. The van der Waals surface area contributed by atoms with Crippen LogP contribution in [0, 0.1) is 0 Å². The number of hydrogen-bond donors (Lipinski definition) is 2. The number of aliphatic carboxylic acids is 1. The van der Waals surface area contributed by atoms with Crippen LogP contribution >= 0.6 is 23.1 Å². The third-order valence-electron chi connectivity index (χ3n) is 1.32. The predicted molar refractivity (Wildman–Crippen MR) is 53.9 cm³/mol. The second-order valence-electron chi connectivity index (χ2n) is 2.39. The van der Waals surface area contributed by atoms with Crippen LogP contribution in [0.4, 0.5) is 0 Å². The first-order valence-corrected chi connectivity index (χ1v) is 5.68. The van der Waals surface area contributed by atoms with E-state index in [0.29, 0.717) is 5.75 Å². The fraction of sp³-hybridized carbons (Fsp3) is 0.429. The standard InChI is InChI=1S/C7H10N2O2S2/c8-5(7(10)11)3-12-4-6-9-1-2-13-6/h1-2,5H,3-4,8H2,(H,10,11). The van der Waals surface area contributed by atoms with Crippen LogP contribution in [0.2, 0.25) is 0 Å². The first-order chi connectivity index (χ1) is 6.20. The number of nitrogens with two attached hydrogens (primary N) is 1. The zero-order valence-electron chi connectivity index (χ0n) is 6.84. The molecule has 0 saturated carbocycles. The van der Waals surface area contributed by atoms with Crippen LogP contribution in [0.15, 0.2) is 11.6 Å². The molecule has 1 aromatic heterocycles. The molecule has 0 fully saturated rings. The number of carboxylic acids is 1. The van der Waals surface area contributed by atoms with Gasteiger partial charge in [-0.25, -0.2) is 4.98 Å². The normalized spacial score (nSPS) is 12.7. The van der Waals surface area contributed by atoms with Gasteiger partial charge in [-0.1, -0.05) is 0 Å². The first kappa shape index (κ1) is 10.5. The molecule has 1 rings (SSSR count). The third kappa shape index (κ3) is 3.75. The van der Waals surface area contributed by atoms with Gasteiger partial charge in [-0.05, 0) is 0 Å². The van der Waals surface area contributed by atoms with Crippen molar-refractivity contribution in [2.75, 3.05) is 5.75 Å². The van der Waals surface area contributed by atoms with Crippen molar-refractivity contribution in [1.82, 2.24) is 4.98 Å². The average Bonchev–Trinajstić information content (AvgIpc) is 2.56. The minimum atomic E-state index is -0.952. The van der Waals surface area contributed by atoms with E-state index < -0.39 is 12.0 Å². The summed E-state index contributed by atoms with van der Waals surface area (Å²) in [6.45, 7) is 0. The molecule has 0 spiro atoms. The molecule has 0 aliphatic heterocycles. The van der Waals surface area contributed by atoms with E-state index in [1.165, 1.54) is 11.8 Å². The minimum Gasteiger partial charge on any atom is -0.480 e. The summed E-state index contributed by atoms with van der Waals surface area (Å²) in [6, 6.07) is -0.773. The van der Waals surface area contributed by atoms with Gasteiger partial charge >= 0.3 is 5.97 Å². The van der Waals surface area contributed by atoms with Gasteiger partial charge in [-0.15, -0.1) is 11.3 Å². The van der Waals surface area contributed by atoms with Crippen LogP contribution in [0.1, 0.15) is 5.01 Å². The summed E-state index contributed by atoms with van der Waals surface area (Å²) >= 11 is 3.05. The zero-order valence-corrected chi connectivity index (χ0v) is 8.48. The Kier molecular flexibility index (Phi) is 4.20. The Balaban J connectivity index is 2.18. The van der Waals surface area contributed by atoms with E-state index in [1.807, 2.05) is 5.38 Å². The van der Waals surface area contributed by atoms with Crippen molar-refractivity contribution in [2.24, 2.45) is 5.73 Å². The Morgan fingerprint density at radius 2 is 2.62 bits per heavy atom. The second-order valence-corrected chi connectivity index (χ2v) is 4.40. The number of hydrogen-bond acceptors (Lipinski definition) is 5. The minimum absolute atomic E-state index is 0.426. The maximum atomic E-state index is 10.3. The molecule has 0 amide bonds. The highest BCUT2D eigenvalue weighted by molar-refractivity contribution is 7.98. The fourth-order valence-corrected chi connectivity index (χ4v) is 2.35. The molecule has 13 heavy (non-hydrogen) atoms. The molecule has 0 saturated heterocycles. The van der Waals surface area contributed by atoms with Crippen LogP contribution < -0.4 is 5.73 Å². The van der Waals surface area contributed by atoms with Gasteiger partial charge in [0.05, 0.1) is 0 Å². The molecule has 0 radical (unpaired) electrons. The molecule has 72 valence electrons. The van der Waals surface area contributed by atoms with Crippen LogP contribution in [-0.4, -0.2) is 27.9 Å². The Labute approximate surface area is 84.2 Å². The summed E-state index contributed by atoms with van der Waals surface area (Å²) in [4.78, 5) is 14.4. The molecule has 1 unspecified atom stereocenters. The van der Waals surface area contributed by atoms with Crippen LogP contribution in [0.3, 0.4) is 0 Å². The van der Waals surface area contributed by atoms with Crippen molar-refractivity contribution in [3.8, 4) is 0 Å². The highest BCUT2D eigenvalue weighted by Gasteiger charge is 2.10. The van der Waals surface area contributed by atoms with Crippen molar-refractivity contribution >= 4 is 29.1 Å². The average molecular weight is 218 g/mol. The zero-order chi connectivity index (χ0) is 9.68. The third-order valence-corrected chi connectivity index (χ3v) is 3.36.